The summed E-state index contributed by atoms with van der Waals surface area (Å²) >= 11 is 5.96. The van der Waals surface area contributed by atoms with Crippen LogP contribution in [-0.2, 0) is 6.61 Å². The highest BCUT2D eigenvalue weighted by molar-refractivity contribution is 6.31. The van der Waals surface area contributed by atoms with Gasteiger partial charge in [-0.05, 0) is 30.9 Å². The topological polar surface area (TPSA) is 36.4 Å². The van der Waals surface area contributed by atoms with Crippen LogP contribution in [0.15, 0.2) is 12.1 Å². The number of aliphatic hydroxyl groups is 1. The van der Waals surface area contributed by atoms with Crippen LogP contribution in [0.3, 0.4) is 0 Å². The Balaban J connectivity index is 2.27. The molecule has 17 heavy (non-hydrogen) atoms. The first-order valence-corrected chi connectivity index (χ1v) is 6.54. The Morgan fingerprint density at radius 2 is 2.29 bits per heavy atom. The average Bonchev–Trinajstić information content (AvgIpc) is 2.78. The number of hydrogen-bond donors (Lipinski definition) is 1. The summed E-state index contributed by atoms with van der Waals surface area (Å²) in [5, 5.41) is 9.73. The van der Waals surface area contributed by atoms with Gasteiger partial charge in [0.25, 0.3) is 0 Å². The molecule has 2 heterocycles. The highest BCUT2D eigenvalue weighted by atomic mass is 35.5. The van der Waals surface area contributed by atoms with E-state index < -0.39 is 0 Å². The molecule has 1 saturated heterocycles. The van der Waals surface area contributed by atoms with Gasteiger partial charge in [-0.3, -0.25) is 0 Å². The first-order chi connectivity index (χ1) is 8.13. The van der Waals surface area contributed by atoms with E-state index >= 15 is 0 Å². The molecule has 0 aromatic carbocycles. The van der Waals surface area contributed by atoms with Gasteiger partial charge in [0, 0.05) is 12.6 Å². The maximum absolute atomic E-state index is 9.20. The van der Waals surface area contributed by atoms with Gasteiger partial charge in [0.2, 0.25) is 0 Å². The van der Waals surface area contributed by atoms with Gasteiger partial charge in [-0.25, -0.2) is 4.98 Å². The van der Waals surface area contributed by atoms with Crippen molar-refractivity contribution < 1.29 is 5.11 Å². The number of aliphatic hydroxyl groups excluding tert-OH is 1. The molecule has 2 rings (SSSR count). The zero-order valence-corrected chi connectivity index (χ0v) is 11.1. The van der Waals surface area contributed by atoms with Gasteiger partial charge in [-0.15, -0.1) is 0 Å². The summed E-state index contributed by atoms with van der Waals surface area (Å²) in [7, 11) is 0. The van der Waals surface area contributed by atoms with Crippen LogP contribution < -0.4 is 4.90 Å². The van der Waals surface area contributed by atoms with Crippen LogP contribution in [0.1, 0.15) is 32.4 Å². The third-order valence-corrected chi connectivity index (χ3v) is 3.76. The number of rotatable bonds is 3. The molecule has 0 radical (unpaired) electrons. The van der Waals surface area contributed by atoms with Crippen molar-refractivity contribution in [1.29, 1.82) is 0 Å². The van der Waals surface area contributed by atoms with Crippen molar-refractivity contribution in [1.82, 2.24) is 4.98 Å². The molecule has 0 aliphatic carbocycles. The van der Waals surface area contributed by atoms with Crippen molar-refractivity contribution >= 4 is 17.4 Å². The van der Waals surface area contributed by atoms with Gasteiger partial charge in [0.05, 0.1) is 17.3 Å². The fourth-order valence-electron chi connectivity index (χ4n) is 2.51. The predicted molar refractivity (Wildman–Crippen MR) is 70.4 cm³/mol. The molecule has 0 amide bonds. The van der Waals surface area contributed by atoms with Crippen molar-refractivity contribution in [2.45, 2.75) is 39.3 Å². The van der Waals surface area contributed by atoms with Crippen LogP contribution in [-0.4, -0.2) is 22.7 Å². The van der Waals surface area contributed by atoms with E-state index in [1.165, 1.54) is 12.8 Å². The smallest absolute Gasteiger partial charge is 0.129 e. The highest BCUT2D eigenvalue weighted by Gasteiger charge is 2.28. The van der Waals surface area contributed by atoms with Crippen LogP contribution in [0.4, 0.5) is 5.82 Å². The average molecular weight is 255 g/mol. The molecule has 4 heteroatoms. The van der Waals surface area contributed by atoms with Crippen molar-refractivity contribution in [2.24, 2.45) is 5.92 Å². The van der Waals surface area contributed by atoms with Crippen molar-refractivity contribution in [2.75, 3.05) is 11.4 Å². The minimum atomic E-state index is -0.104. The van der Waals surface area contributed by atoms with Gasteiger partial charge >= 0.3 is 0 Å². The quantitative estimate of drug-likeness (QED) is 0.901. The molecule has 1 aromatic rings. The second kappa shape index (κ2) is 5.23. The van der Waals surface area contributed by atoms with E-state index in [1.807, 2.05) is 12.1 Å². The fourth-order valence-corrected chi connectivity index (χ4v) is 2.68. The maximum Gasteiger partial charge on any atom is 0.129 e. The molecule has 0 spiro atoms. The van der Waals surface area contributed by atoms with E-state index in [-0.39, 0.29) is 6.61 Å². The Labute approximate surface area is 107 Å². The Kier molecular flexibility index (Phi) is 3.89. The highest BCUT2D eigenvalue weighted by Crippen LogP contribution is 2.29. The summed E-state index contributed by atoms with van der Waals surface area (Å²) in [4.78, 5) is 6.78. The zero-order chi connectivity index (χ0) is 12.4. The Morgan fingerprint density at radius 1 is 1.53 bits per heavy atom. The lowest BCUT2D eigenvalue weighted by Crippen LogP contribution is -2.34. The maximum atomic E-state index is 9.20. The molecule has 94 valence electrons. The van der Waals surface area contributed by atoms with Crippen molar-refractivity contribution in [3.05, 3.63) is 22.8 Å². The first kappa shape index (κ1) is 12.7. The SMILES string of the molecule is CC(C)C1CCCN1c1ccc(Cl)c(CO)n1. The number of hydrogen-bond acceptors (Lipinski definition) is 3. The summed E-state index contributed by atoms with van der Waals surface area (Å²) in [6, 6.07) is 4.32. The standard InChI is InChI=1S/C13H19ClN2O/c1-9(2)12-4-3-7-16(12)13-6-5-10(14)11(8-17)15-13/h5-6,9,12,17H,3-4,7-8H2,1-2H3. The summed E-state index contributed by atoms with van der Waals surface area (Å²) < 4.78 is 0. The molecule has 1 aliphatic rings. The number of anilines is 1. The van der Waals surface area contributed by atoms with Crippen molar-refractivity contribution in [3.8, 4) is 0 Å². The van der Waals surface area contributed by atoms with E-state index in [4.69, 9.17) is 11.6 Å². The number of aromatic nitrogens is 1. The molecular weight excluding hydrogens is 236 g/mol. The molecule has 1 N–H and O–H groups in total. The molecule has 1 atom stereocenters. The summed E-state index contributed by atoms with van der Waals surface area (Å²) in [6.45, 7) is 5.42. The molecule has 0 saturated carbocycles. The van der Waals surface area contributed by atoms with E-state index in [1.54, 1.807) is 0 Å². The van der Waals surface area contributed by atoms with Crippen LogP contribution in [0.5, 0.6) is 0 Å². The molecule has 1 fully saturated rings. The van der Waals surface area contributed by atoms with Crippen LogP contribution in [0.25, 0.3) is 0 Å². The van der Waals surface area contributed by atoms with E-state index in [2.05, 4.69) is 23.7 Å². The number of halogens is 1. The molecule has 1 aromatic heterocycles. The summed E-state index contributed by atoms with van der Waals surface area (Å²) in [5.74, 6) is 1.56. The molecule has 1 aliphatic heterocycles. The minimum absolute atomic E-state index is 0.104. The third kappa shape index (κ3) is 2.55. The fraction of sp³-hybridized carbons (Fsp3) is 0.615. The Hall–Kier alpha value is -0.800. The normalized spacial score (nSPS) is 20.3. The number of pyridine rings is 1. The van der Waals surface area contributed by atoms with E-state index in [0.29, 0.717) is 22.7 Å². The van der Waals surface area contributed by atoms with E-state index in [0.717, 1.165) is 12.4 Å². The largest absolute Gasteiger partial charge is 0.390 e. The second-order valence-electron chi connectivity index (χ2n) is 4.90. The predicted octanol–water partition coefficient (Wildman–Crippen LogP) is 2.85. The van der Waals surface area contributed by atoms with Crippen molar-refractivity contribution in [3.63, 3.8) is 0 Å². The lowest BCUT2D eigenvalue weighted by Gasteiger charge is -2.29. The van der Waals surface area contributed by atoms with Crippen LogP contribution in [0, 0.1) is 5.92 Å². The lowest BCUT2D eigenvalue weighted by atomic mass is 10.0. The minimum Gasteiger partial charge on any atom is -0.390 e. The van der Waals surface area contributed by atoms with Gasteiger partial charge in [0.1, 0.15) is 5.82 Å². The summed E-state index contributed by atoms with van der Waals surface area (Å²) in [6.07, 6.45) is 2.43. The first-order valence-electron chi connectivity index (χ1n) is 6.16. The van der Waals surface area contributed by atoms with Crippen LogP contribution >= 0.6 is 11.6 Å². The molecule has 1 unspecified atom stereocenters. The monoisotopic (exact) mass is 254 g/mol. The number of nitrogens with zero attached hydrogens (tertiary/aromatic N) is 2. The van der Waals surface area contributed by atoms with Gasteiger partial charge in [0.15, 0.2) is 0 Å². The lowest BCUT2D eigenvalue weighted by molar-refractivity contribution is 0.277. The Morgan fingerprint density at radius 3 is 2.94 bits per heavy atom. The summed E-state index contributed by atoms with van der Waals surface area (Å²) in [5.41, 5.74) is 0.568. The molecular formula is C13H19ClN2O. The third-order valence-electron chi connectivity index (χ3n) is 3.42. The molecule has 3 nitrogen and oxygen atoms in total. The van der Waals surface area contributed by atoms with Gasteiger partial charge < -0.3 is 10.0 Å². The molecule has 0 bridgehead atoms. The second-order valence-corrected chi connectivity index (χ2v) is 5.31. The Bertz CT molecular complexity index is 395. The van der Waals surface area contributed by atoms with Gasteiger partial charge in [-0.2, -0.15) is 0 Å². The van der Waals surface area contributed by atoms with Gasteiger partial charge in [-0.1, -0.05) is 25.4 Å². The van der Waals surface area contributed by atoms with Crippen LogP contribution in [0.2, 0.25) is 5.02 Å². The zero-order valence-electron chi connectivity index (χ0n) is 10.4. The van der Waals surface area contributed by atoms with E-state index in [9.17, 15) is 5.11 Å².